The highest BCUT2D eigenvalue weighted by Crippen LogP contribution is 2.40. The maximum atomic E-state index is 14.9. The second kappa shape index (κ2) is 13.3. The van der Waals surface area contributed by atoms with Gasteiger partial charge in [0.1, 0.15) is 21.4 Å². The van der Waals surface area contributed by atoms with E-state index >= 15 is 0 Å². The number of halogens is 5. The van der Waals surface area contributed by atoms with Crippen LogP contribution in [-0.4, -0.2) is 111 Å². The molecule has 3 saturated heterocycles. The van der Waals surface area contributed by atoms with Crippen molar-refractivity contribution in [1.29, 1.82) is 0 Å². The SMILES string of the molecule is CCN1CCC(N2CCN(C3CCN(c4c(S(=O)(=O)c5cc(F)c(O)cc5F)cnc5ccc(OC(F)(F)F)cc45)CC3)CC2)CC1. The van der Waals surface area contributed by atoms with Crippen molar-refractivity contribution in [3.63, 3.8) is 0 Å². The Hall–Kier alpha value is -3.27. The van der Waals surface area contributed by atoms with Gasteiger partial charge in [-0.15, -0.1) is 13.2 Å². The number of phenols is 1. The average Bonchev–Trinajstić information content (AvgIpc) is 3.05. The number of ether oxygens (including phenoxy) is 1. The zero-order chi connectivity index (χ0) is 33.5. The third-order valence-electron chi connectivity index (χ3n) is 9.76. The van der Waals surface area contributed by atoms with Gasteiger partial charge in [-0.05, 0) is 69.6 Å². The van der Waals surface area contributed by atoms with E-state index in [1.165, 1.54) is 18.9 Å². The number of anilines is 1. The lowest BCUT2D eigenvalue weighted by Crippen LogP contribution is -2.56. The maximum absolute atomic E-state index is 14.9. The molecule has 0 unspecified atom stereocenters. The molecule has 9 nitrogen and oxygen atoms in total. The smallest absolute Gasteiger partial charge is 0.505 e. The molecular formula is C32H38F5N5O4S. The van der Waals surface area contributed by atoms with Crippen LogP contribution >= 0.6 is 0 Å². The van der Waals surface area contributed by atoms with Crippen molar-refractivity contribution in [3.05, 3.63) is 48.2 Å². The molecular weight excluding hydrogens is 645 g/mol. The van der Waals surface area contributed by atoms with Crippen LogP contribution in [0.5, 0.6) is 11.5 Å². The molecule has 0 amide bonds. The van der Waals surface area contributed by atoms with Gasteiger partial charge in [-0.3, -0.25) is 14.8 Å². The average molecular weight is 684 g/mol. The molecule has 256 valence electrons. The van der Waals surface area contributed by atoms with Gasteiger partial charge in [-0.1, -0.05) is 6.92 Å². The summed E-state index contributed by atoms with van der Waals surface area (Å²) in [5.74, 6) is -4.35. The molecule has 2 aromatic carbocycles. The van der Waals surface area contributed by atoms with E-state index in [1.54, 1.807) is 4.90 Å². The first-order valence-electron chi connectivity index (χ1n) is 15.9. The van der Waals surface area contributed by atoms with E-state index in [9.17, 15) is 35.5 Å². The Bertz CT molecular complexity index is 1700. The number of phenolic OH excluding ortho intramolecular Hbond substituents is 1. The fraction of sp³-hybridized carbons (Fsp3) is 0.531. The molecule has 3 aromatic rings. The second-order valence-electron chi connectivity index (χ2n) is 12.4. The summed E-state index contributed by atoms with van der Waals surface area (Å²) in [7, 11) is -4.80. The molecule has 0 spiro atoms. The number of likely N-dealkylation sites (tertiary alicyclic amines) is 1. The van der Waals surface area contributed by atoms with Crippen molar-refractivity contribution in [3.8, 4) is 11.5 Å². The van der Waals surface area contributed by atoms with Crippen LogP contribution in [0.2, 0.25) is 0 Å². The summed E-state index contributed by atoms with van der Waals surface area (Å²) >= 11 is 0. The van der Waals surface area contributed by atoms with Gasteiger partial charge < -0.3 is 19.6 Å². The lowest BCUT2D eigenvalue weighted by molar-refractivity contribution is -0.274. The first-order chi connectivity index (χ1) is 22.3. The molecule has 0 radical (unpaired) electrons. The minimum absolute atomic E-state index is 0.0391. The van der Waals surface area contributed by atoms with Gasteiger partial charge >= 0.3 is 6.36 Å². The van der Waals surface area contributed by atoms with Gasteiger partial charge in [0.15, 0.2) is 11.6 Å². The number of pyridine rings is 1. The van der Waals surface area contributed by atoms with Crippen LogP contribution in [0.3, 0.4) is 0 Å². The first-order valence-corrected chi connectivity index (χ1v) is 17.4. The molecule has 0 bridgehead atoms. The molecule has 6 rings (SSSR count). The third-order valence-corrected chi connectivity index (χ3v) is 11.5. The molecule has 0 atom stereocenters. The van der Waals surface area contributed by atoms with Crippen molar-refractivity contribution >= 4 is 26.4 Å². The normalized spacial score (nSPS) is 20.3. The second-order valence-corrected chi connectivity index (χ2v) is 14.3. The van der Waals surface area contributed by atoms with E-state index in [0.29, 0.717) is 44.1 Å². The summed E-state index contributed by atoms with van der Waals surface area (Å²) in [5.41, 5.74) is 0.242. The summed E-state index contributed by atoms with van der Waals surface area (Å²) in [4.78, 5) is 11.9. The van der Waals surface area contributed by atoms with E-state index in [4.69, 9.17) is 0 Å². The van der Waals surface area contributed by atoms with Gasteiger partial charge in [0.2, 0.25) is 9.84 Å². The minimum atomic E-state index is -4.99. The number of hydrogen-bond acceptors (Lipinski definition) is 9. The van der Waals surface area contributed by atoms with Crippen molar-refractivity contribution in [2.24, 2.45) is 0 Å². The fourth-order valence-corrected chi connectivity index (χ4v) is 8.72. The number of aromatic hydroxyl groups is 1. The highest BCUT2D eigenvalue weighted by molar-refractivity contribution is 7.91. The number of piperidine rings is 2. The molecule has 0 aliphatic carbocycles. The first kappa shape index (κ1) is 33.6. The molecule has 0 saturated carbocycles. The number of piperazine rings is 1. The summed E-state index contributed by atoms with van der Waals surface area (Å²) < 4.78 is 100. The van der Waals surface area contributed by atoms with E-state index < -0.39 is 49.1 Å². The quantitative estimate of drug-likeness (QED) is 0.345. The third kappa shape index (κ3) is 7.13. The van der Waals surface area contributed by atoms with E-state index in [2.05, 4.69) is 31.3 Å². The Morgan fingerprint density at radius 3 is 2.02 bits per heavy atom. The summed E-state index contributed by atoms with van der Waals surface area (Å²) in [6, 6.07) is 5.01. The van der Waals surface area contributed by atoms with Gasteiger partial charge in [-0.2, -0.15) is 0 Å². The van der Waals surface area contributed by atoms with Gasteiger partial charge in [-0.25, -0.2) is 17.2 Å². The minimum Gasteiger partial charge on any atom is -0.505 e. The molecule has 1 N–H and O–H groups in total. The maximum Gasteiger partial charge on any atom is 0.573 e. The van der Waals surface area contributed by atoms with E-state index in [0.717, 1.165) is 64.1 Å². The van der Waals surface area contributed by atoms with E-state index in [-0.39, 0.29) is 22.6 Å². The lowest BCUT2D eigenvalue weighted by Gasteiger charge is -2.46. The highest BCUT2D eigenvalue weighted by atomic mass is 32.2. The van der Waals surface area contributed by atoms with Crippen molar-refractivity contribution in [1.82, 2.24) is 19.7 Å². The number of benzene rings is 2. The number of rotatable bonds is 7. The fourth-order valence-electron chi connectivity index (χ4n) is 7.22. The lowest BCUT2D eigenvalue weighted by atomic mass is 9.99. The largest absolute Gasteiger partial charge is 0.573 e. The number of aromatic nitrogens is 1. The molecule has 1 aromatic heterocycles. The molecule has 3 aliphatic rings. The number of hydrogen-bond donors (Lipinski definition) is 1. The number of alkyl halides is 3. The molecule has 3 aliphatic heterocycles. The summed E-state index contributed by atoms with van der Waals surface area (Å²) in [6.07, 6.45) is -0.301. The molecule has 4 heterocycles. The highest BCUT2D eigenvalue weighted by Gasteiger charge is 2.36. The van der Waals surface area contributed by atoms with Crippen LogP contribution in [-0.2, 0) is 9.84 Å². The summed E-state index contributed by atoms with van der Waals surface area (Å²) in [6.45, 7) is 10.1. The topological polar surface area (TPSA) is 89.5 Å². The number of sulfone groups is 1. The molecule has 15 heteroatoms. The zero-order valence-electron chi connectivity index (χ0n) is 26.0. The standard InChI is InChI=1S/C32H38F5N5O4S/c1-2-39-9-5-21(6-10-39)40-13-15-41(16-14-40)22-7-11-42(12-8-22)31-24-17-23(46-32(35,36)37)3-4-27(24)38-20-30(31)47(44,45)29-19-25(33)28(43)18-26(29)34/h3-4,17-22,43H,2,5-16H2,1H3. The predicted molar refractivity (Wildman–Crippen MR) is 165 cm³/mol. The van der Waals surface area contributed by atoms with Gasteiger partial charge in [0, 0.05) is 69.0 Å². The summed E-state index contributed by atoms with van der Waals surface area (Å²) in [5, 5.41) is 9.64. The van der Waals surface area contributed by atoms with Crippen LogP contribution in [0.4, 0.5) is 27.6 Å². The van der Waals surface area contributed by atoms with Gasteiger partial charge in [0.05, 0.1) is 11.2 Å². The van der Waals surface area contributed by atoms with Crippen LogP contribution in [0.15, 0.2) is 46.3 Å². The number of nitrogens with zero attached hydrogens (tertiary/aromatic N) is 5. The monoisotopic (exact) mass is 683 g/mol. The van der Waals surface area contributed by atoms with E-state index in [1.807, 2.05) is 0 Å². The van der Waals surface area contributed by atoms with Crippen molar-refractivity contribution in [2.75, 3.05) is 63.8 Å². The van der Waals surface area contributed by atoms with Crippen molar-refractivity contribution < 1.29 is 40.2 Å². The van der Waals surface area contributed by atoms with Gasteiger partial charge in [0.25, 0.3) is 0 Å². The van der Waals surface area contributed by atoms with Crippen LogP contribution in [0.1, 0.15) is 32.6 Å². The Labute approximate surface area is 270 Å². The van der Waals surface area contributed by atoms with Crippen LogP contribution in [0, 0.1) is 11.6 Å². The van der Waals surface area contributed by atoms with Crippen molar-refractivity contribution in [2.45, 2.75) is 60.8 Å². The Morgan fingerprint density at radius 1 is 0.851 bits per heavy atom. The molecule has 3 fully saturated rings. The Morgan fingerprint density at radius 2 is 1.45 bits per heavy atom. The predicted octanol–water partition coefficient (Wildman–Crippen LogP) is 5.02. The number of fused-ring (bicyclic) bond motifs is 1. The van der Waals surface area contributed by atoms with Crippen LogP contribution in [0.25, 0.3) is 10.9 Å². The van der Waals surface area contributed by atoms with Crippen LogP contribution < -0.4 is 9.64 Å². The Balaban J connectivity index is 1.26. The zero-order valence-corrected chi connectivity index (χ0v) is 26.8. The molecule has 47 heavy (non-hydrogen) atoms. The Kier molecular flexibility index (Phi) is 9.53.